The SMILES string of the molecule is Cc1nccc(N2CCC(COc3ccnc(C(N)=O)c3)CC2)n1. The molecular formula is C17H21N5O2. The maximum absolute atomic E-state index is 11.1. The molecule has 0 unspecified atom stereocenters. The second-order valence-electron chi connectivity index (χ2n) is 5.94. The highest BCUT2D eigenvalue weighted by Gasteiger charge is 2.21. The van der Waals surface area contributed by atoms with Gasteiger partial charge in [0.15, 0.2) is 0 Å². The van der Waals surface area contributed by atoms with Crippen molar-refractivity contribution < 1.29 is 9.53 Å². The van der Waals surface area contributed by atoms with E-state index in [9.17, 15) is 4.79 Å². The number of piperidine rings is 1. The second-order valence-corrected chi connectivity index (χ2v) is 5.94. The maximum atomic E-state index is 11.1. The zero-order chi connectivity index (χ0) is 16.9. The summed E-state index contributed by atoms with van der Waals surface area (Å²) in [5, 5.41) is 0. The molecule has 3 rings (SSSR count). The number of aryl methyl sites for hydroxylation is 1. The molecule has 0 aliphatic carbocycles. The lowest BCUT2D eigenvalue weighted by Crippen LogP contribution is -2.36. The highest BCUT2D eigenvalue weighted by molar-refractivity contribution is 5.91. The number of nitrogens with zero attached hydrogens (tertiary/aromatic N) is 4. The molecule has 7 heteroatoms. The number of carbonyl (C=O) groups excluding carboxylic acids is 1. The Labute approximate surface area is 140 Å². The number of primary amides is 1. The molecule has 2 aromatic rings. The van der Waals surface area contributed by atoms with E-state index in [0.29, 0.717) is 18.3 Å². The Kier molecular flexibility index (Phi) is 4.88. The van der Waals surface area contributed by atoms with E-state index in [-0.39, 0.29) is 5.69 Å². The minimum atomic E-state index is -0.547. The molecule has 2 aromatic heterocycles. The lowest BCUT2D eigenvalue weighted by atomic mass is 9.98. The molecule has 1 amide bonds. The number of ether oxygens (including phenoxy) is 1. The fourth-order valence-corrected chi connectivity index (χ4v) is 2.80. The van der Waals surface area contributed by atoms with Crippen LogP contribution in [0.2, 0.25) is 0 Å². The first-order valence-corrected chi connectivity index (χ1v) is 8.05. The highest BCUT2D eigenvalue weighted by atomic mass is 16.5. The van der Waals surface area contributed by atoms with Crippen LogP contribution in [-0.2, 0) is 0 Å². The third-order valence-corrected chi connectivity index (χ3v) is 4.17. The third kappa shape index (κ3) is 3.98. The van der Waals surface area contributed by atoms with E-state index in [1.807, 2.05) is 13.0 Å². The van der Waals surface area contributed by atoms with Crippen LogP contribution in [0.3, 0.4) is 0 Å². The van der Waals surface area contributed by atoms with Crippen molar-refractivity contribution >= 4 is 11.7 Å². The summed E-state index contributed by atoms with van der Waals surface area (Å²) in [6.45, 7) is 4.43. The topological polar surface area (TPSA) is 94.2 Å². The van der Waals surface area contributed by atoms with Crippen molar-refractivity contribution in [3.05, 3.63) is 42.1 Å². The number of carbonyl (C=O) groups is 1. The number of rotatable bonds is 5. The van der Waals surface area contributed by atoms with Gasteiger partial charge in [0.1, 0.15) is 23.1 Å². The standard InChI is InChI=1S/C17H21N5O2/c1-12-19-7-3-16(21-12)22-8-4-13(5-9-22)11-24-14-2-6-20-15(10-14)17(18)23/h2-3,6-7,10,13H,4-5,8-9,11H2,1H3,(H2,18,23). The van der Waals surface area contributed by atoms with E-state index in [0.717, 1.165) is 37.6 Å². The van der Waals surface area contributed by atoms with Crippen LogP contribution < -0.4 is 15.4 Å². The summed E-state index contributed by atoms with van der Waals surface area (Å²) in [7, 11) is 0. The van der Waals surface area contributed by atoms with Gasteiger partial charge in [0.05, 0.1) is 6.61 Å². The molecule has 0 atom stereocenters. The lowest BCUT2D eigenvalue weighted by Gasteiger charge is -2.32. The van der Waals surface area contributed by atoms with Crippen molar-refractivity contribution in [1.82, 2.24) is 15.0 Å². The molecular weight excluding hydrogens is 306 g/mol. The first-order valence-electron chi connectivity index (χ1n) is 8.05. The zero-order valence-electron chi connectivity index (χ0n) is 13.7. The smallest absolute Gasteiger partial charge is 0.267 e. The molecule has 126 valence electrons. The number of hydrogen-bond acceptors (Lipinski definition) is 6. The van der Waals surface area contributed by atoms with E-state index in [2.05, 4.69) is 19.9 Å². The van der Waals surface area contributed by atoms with Gasteiger partial charge in [-0.1, -0.05) is 0 Å². The predicted octanol–water partition coefficient (Wildman–Crippen LogP) is 1.57. The number of pyridine rings is 1. The van der Waals surface area contributed by atoms with E-state index in [1.54, 1.807) is 18.3 Å². The molecule has 1 aliphatic rings. The van der Waals surface area contributed by atoms with Gasteiger partial charge in [0.25, 0.3) is 5.91 Å². The molecule has 0 bridgehead atoms. The number of anilines is 1. The van der Waals surface area contributed by atoms with Crippen molar-refractivity contribution in [3.8, 4) is 5.75 Å². The van der Waals surface area contributed by atoms with Crippen molar-refractivity contribution in [2.75, 3.05) is 24.6 Å². The molecule has 2 N–H and O–H groups in total. The monoisotopic (exact) mass is 327 g/mol. The average Bonchev–Trinajstić information content (AvgIpc) is 2.61. The van der Waals surface area contributed by atoms with Crippen LogP contribution in [-0.4, -0.2) is 40.6 Å². The summed E-state index contributed by atoms with van der Waals surface area (Å²) in [4.78, 5) is 25.9. The summed E-state index contributed by atoms with van der Waals surface area (Å²) in [6.07, 6.45) is 5.41. The molecule has 3 heterocycles. The quantitative estimate of drug-likeness (QED) is 0.896. The minimum absolute atomic E-state index is 0.224. The van der Waals surface area contributed by atoms with Gasteiger partial charge in [0.2, 0.25) is 0 Å². The van der Waals surface area contributed by atoms with E-state index < -0.39 is 5.91 Å². The molecule has 0 saturated carbocycles. The van der Waals surface area contributed by atoms with Crippen molar-refractivity contribution in [3.63, 3.8) is 0 Å². The van der Waals surface area contributed by atoms with Crippen LogP contribution in [0, 0.1) is 12.8 Å². The van der Waals surface area contributed by atoms with Gasteiger partial charge in [-0.05, 0) is 37.8 Å². The van der Waals surface area contributed by atoms with Crippen LogP contribution in [0.5, 0.6) is 5.75 Å². The molecule has 1 aliphatic heterocycles. The van der Waals surface area contributed by atoms with E-state index in [4.69, 9.17) is 10.5 Å². The Morgan fingerprint density at radius 3 is 2.75 bits per heavy atom. The van der Waals surface area contributed by atoms with Crippen LogP contribution in [0.4, 0.5) is 5.82 Å². The van der Waals surface area contributed by atoms with Gasteiger partial charge in [-0.25, -0.2) is 9.97 Å². The van der Waals surface area contributed by atoms with Gasteiger partial charge >= 0.3 is 0 Å². The fourth-order valence-electron chi connectivity index (χ4n) is 2.80. The molecule has 24 heavy (non-hydrogen) atoms. The van der Waals surface area contributed by atoms with Crippen molar-refractivity contribution in [2.45, 2.75) is 19.8 Å². The van der Waals surface area contributed by atoms with Gasteiger partial charge in [0, 0.05) is 31.5 Å². The molecule has 0 spiro atoms. The Morgan fingerprint density at radius 2 is 2.04 bits per heavy atom. The maximum Gasteiger partial charge on any atom is 0.267 e. The molecule has 1 fully saturated rings. The first kappa shape index (κ1) is 16.2. The normalized spacial score (nSPS) is 15.3. The fraction of sp³-hybridized carbons (Fsp3) is 0.412. The lowest BCUT2D eigenvalue weighted by molar-refractivity contribution is 0.0995. The predicted molar refractivity (Wildman–Crippen MR) is 90.0 cm³/mol. The molecule has 0 aromatic carbocycles. The molecule has 1 saturated heterocycles. The van der Waals surface area contributed by atoms with Gasteiger partial charge < -0.3 is 15.4 Å². The summed E-state index contributed by atoms with van der Waals surface area (Å²) in [5.41, 5.74) is 5.45. The Balaban J connectivity index is 1.51. The third-order valence-electron chi connectivity index (χ3n) is 4.17. The second kappa shape index (κ2) is 7.25. The molecule has 7 nitrogen and oxygen atoms in total. The Hall–Kier alpha value is -2.70. The summed E-state index contributed by atoms with van der Waals surface area (Å²) in [5.74, 6) is 2.35. The van der Waals surface area contributed by atoms with Crippen LogP contribution in [0.1, 0.15) is 29.2 Å². The van der Waals surface area contributed by atoms with Crippen LogP contribution >= 0.6 is 0 Å². The highest BCUT2D eigenvalue weighted by Crippen LogP contribution is 2.23. The Morgan fingerprint density at radius 1 is 1.29 bits per heavy atom. The number of hydrogen-bond donors (Lipinski definition) is 1. The zero-order valence-corrected chi connectivity index (χ0v) is 13.7. The van der Waals surface area contributed by atoms with E-state index >= 15 is 0 Å². The average molecular weight is 327 g/mol. The van der Waals surface area contributed by atoms with Crippen LogP contribution in [0.25, 0.3) is 0 Å². The van der Waals surface area contributed by atoms with Crippen LogP contribution in [0.15, 0.2) is 30.6 Å². The number of amides is 1. The first-order chi connectivity index (χ1) is 11.6. The van der Waals surface area contributed by atoms with E-state index in [1.165, 1.54) is 6.20 Å². The van der Waals surface area contributed by atoms with Crippen molar-refractivity contribution in [1.29, 1.82) is 0 Å². The van der Waals surface area contributed by atoms with Gasteiger partial charge in [-0.2, -0.15) is 0 Å². The van der Waals surface area contributed by atoms with Gasteiger partial charge in [-0.15, -0.1) is 0 Å². The summed E-state index contributed by atoms with van der Waals surface area (Å²) >= 11 is 0. The number of nitrogens with two attached hydrogens (primary N) is 1. The largest absolute Gasteiger partial charge is 0.493 e. The summed E-state index contributed by atoms with van der Waals surface area (Å²) in [6, 6.07) is 5.28. The number of aromatic nitrogens is 3. The Bertz CT molecular complexity index is 714. The van der Waals surface area contributed by atoms with Crippen molar-refractivity contribution in [2.24, 2.45) is 11.7 Å². The summed E-state index contributed by atoms with van der Waals surface area (Å²) < 4.78 is 5.80. The van der Waals surface area contributed by atoms with Gasteiger partial charge in [-0.3, -0.25) is 9.78 Å². The molecule has 0 radical (unpaired) electrons. The minimum Gasteiger partial charge on any atom is -0.493 e.